The lowest BCUT2D eigenvalue weighted by atomic mass is 10.2. The highest BCUT2D eigenvalue weighted by Gasteiger charge is 2.25. The van der Waals surface area contributed by atoms with Gasteiger partial charge in [0.25, 0.3) is 0 Å². The van der Waals surface area contributed by atoms with Crippen LogP contribution in [0.2, 0.25) is 0 Å². The largest absolute Gasteiger partial charge is 0.395 e. The van der Waals surface area contributed by atoms with E-state index in [9.17, 15) is 0 Å². The molecule has 0 amide bonds. The van der Waals surface area contributed by atoms with Crippen LogP contribution < -0.4 is 0 Å². The van der Waals surface area contributed by atoms with E-state index in [4.69, 9.17) is 5.11 Å². The fraction of sp³-hybridized carbons (Fsp3) is 0.625. The average Bonchev–Trinajstić information content (AvgIpc) is 3.00. The average molecular weight is 292 g/mol. The molecule has 1 aromatic heterocycles. The van der Waals surface area contributed by atoms with E-state index < -0.39 is 0 Å². The quantitative estimate of drug-likeness (QED) is 0.841. The van der Waals surface area contributed by atoms with Gasteiger partial charge in [-0.1, -0.05) is 11.8 Å². The zero-order valence-electron chi connectivity index (χ0n) is 12.4. The molecule has 0 spiro atoms. The number of likely N-dealkylation sites (N-methyl/N-ethyl adjacent to an activating group) is 1. The molecule has 1 fully saturated rings. The Hall–Kier alpha value is -0.860. The van der Waals surface area contributed by atoms with Crippen molar-refractivity contribution >= 4 is 11.3 Å². The lowest BCUT2D eigenvalue weighted by Gasteiger charge is -2.26. The summed E-state index contributed by atoms with van der Waals surface area (Å²) < 4.78 is 0. The molecular weight excluding hydrogens is 268 g/mol. The van der Waals surface area contributed by atoms with E-state index in [1.807, 2.05) is 0 Å². The molecule has 1 N–H and O–H groups in total. The van der Waals surface area contributed by atoms with Crippen molar-refractivity contribution in [2.75, 3.05) is 33.8 Å². The molecule has 0 radical (unpaired) electrons. The number of hydrogen-bond acceptors (Lipinski definition) is 4. The molecule has 0 saturated carbocycles. The molecule has 0 bridgehead atoms. The molecule has 0 aromatic carbocycles. The van der Waals surface area contributed by atoms with Gasteiger partial charge in [-0.05, 0) is 39.5 Å². The lowest BCUT2D eigenvalue weighted by molar-refractivity contribution is 0.202. The topological polar surface area (TPSA) is 26.7 Å². The number of likely N-dealkylation sites (tertiary alicyclic amines) is 1. The Morgan fingerprint density at radius 1 is 1.50 bits per heavy atom. The second kappa shape index (κ2) is 7.80. The van der Waals surface area contributed by atoms with Crippen molar-refractivity contribution in [1.29, 1.82) is 0 Å². The van der Waals surface area contributed by atoms with Crippen LogP contribution in [0.25, 0.3) is 0 Å². The van der Waals surface area contributed by atoms with E-state index in [0.29, 0.717) is 12.5 Å². The summed E-state index contributed by atoms with van der Waals surface area (Å²) in [7, 11) is 4.30. The number of aliphatic hydroxyl groups is 1. The molecule has 1 aromatic rings. The molecule has 1 saturated heterocycles. The Labute approximate surface area is 126 Å². The van der Waals surface area contributed by atoms with Crippen molar-refractivity contribution in [3.05, 3.63) is 21.9 Å². The first kappa shape index (κ1) is 15.5. The van der Waals surface area contributed by atoms with Gasteiger partial charge in [0, 0.05) is 41.4 Å². The summed E-state index contributed by atoms with van der Waals surface area (Å²) >= 11 is 1.80. The molecule has 20 heavy (non-hydrogen) atoms. The van der Waals surface area contributed by atoms with Crippen molar-refractivity contribution < 1.29 is 5.11 Å². The molecule has 4 heteroatoms. The van der Waals surface area contributed by atoms with Crippen LogP contribution in [0, 0.1) is 11.8 Å². The predicted octanol–water partition coefficient (Wildman–Crippen LogP) is 2.01. The van der Waals surface area contributed by atoms with Gasteiger partial charge < -0.3 is 10.0 Å². The van der Waals surface area contributed by atoms with Crippen LogP contribution in [0.15, 0.2) is 11.4 Å². The summed E-state index contributed by atoms with van der Waals surface area (Å²) in [5, 5.41) is 10.9. The summed E-state index contributed by atoms with van der Waals surface area (Å²) in [4.78, 5) is 6.27. The first-order chi connectivity index (χ1) is 9.69. The Kier molecular flexibility index (Phi) is 6.06. The highest BCUT2D eigenvalue weighted by Crippen LogP contribution is 2.23. The van der Waals surface area contributed by atoms with Gasteiger partial charge in [-0.3, -0.25) is 4.90 Å². The third-order valence-electron chi connectivity index (χ3n) is 3.56. The smallest absolute Gasteiger partial charge is 0.0540 e. The molecule has 1 unspecified atom stereocenters. The van der Waals surface area contributed by atoms with Crippen LogP contribution in [0.3, 0.4) is 0 Å². The standard InChI is InChI=1S/C16H24N2OS/c1-17(2)11-15-7-5-8-18(15)12-16-10-14(13-20-16)6-3-4-9-19/h10,13,15,19H,4-5,7-9,11-12H2,1-2H3. The zero-order chi connectivity index (χ0) is 14.4. The minimum Gasteiger partial charge on any atom is -0.395 e. The van der Waals surface area contributed by atoms with Crippen molar-refractivity contribution in [3.63, 3.8) is 0 Å². The first-order valence-corrected chi connectivity index (χ1v) is 8.13. The van der Waals surface area contributed by atoms with Gasteiger partial charge in [-0.25, -0.2) is 0 Å². The van der Waals surface area contributed by atoms with Crippen LogP contribution in [0.5, 0.6) is 0 Å². The van der Waals surface area contributed by atoms with E-state index >= 15 is 0 Å². The van der Waals surface area contributed by atoms with E-state index in [0.717, 1.165) is 18.7 Å². The molecule has 1 atom stereocenters. The number of hydrogen-bond donors (Lipinski definition) is 1. The maximum Gasteiger partial charge on any atom is 0.0540 e. The molecular formula is C16H24N2OS. The van der Waals surface area contributed by atoms with Gasteiger partial charge in [0.1, 0.15) is 0 Å². The van der Waals surface area contributed by atoms with Crippen LogP contribution in [-0.4, -0.2) is 54.7 Å². The van der Waals surface area contributed by atoms with Crippen LogP contribution in [0.1, 0.15) is 29.7 Å². The zero-order valence-corrected chi connectivity index (χ0v) is 13.2. The monoisotopic (exact) mass is 292 g/mol. The number of nitrogens with zero attached hydrogens (tertiary/aromatic N) is 2. The van der Waals surface area contributed by atoms with Crippen LogP contribution in [0.4, 0.5) is 0 Å². The Morgan fingerprint density at radius 2 is 2.35 bits per heavy atom. The highest BCUT2D eigenvalue weighted by atomic mass is 32.1. The van der Waals surface area contributed by atoms with Crippen molar-refractivity contribution in [2.24, 2.45) is 0 Å². The minimum atomic E-state index is 0.143. The molecule has 3 nitrogen and oxygen atoms in total. The Balaban J connectivity index is 1.91. The molecule has 1 aliphatic rings. The number of aliphatic hydroxyl groups excluding tert-OH is 1. The summed E-state index contributed by atoms with van der Waals surface area (Å²) in [6, 6.07) is 2.89. The molecule has 1 aliphatic heterocycles. The molecule has 2 rings (SSSR count). The molecule has 0 aliphatic carbocycles. The fourth-order valence-electron chi connectivity index (χ4n) is 2.68. The fourth-order valence-corrected chi connectivity index (χ4v) is 3.52. The van der Waals surface area contributed by atoms with Gasteiger partial charge in [0.05, 0.1) is 6.61 Å². The predicted molar refractivity (Wildman–Crippen MR) is 84.9 cm³/mol. The third-order valence-corrected chi connectivity index (χ3v) is 4.48. The van der Waals surface area contributed by atoms with Gasteiger partial charge in [0.2, 0.25) is 0 Å². The van der Waals surface area contributed by atoms with Gasteiger partial charge >= 0.3 is 0 Å². The maximum atomic E-state index is 8.73. The number of rotatable bonds is 5. The Bertz CT molecular complexity index is 472. The molecule has 110 valence electrons. The summed E-state index contributed by atoms with van der Waals surface area (Å²) in [6.07, 6.45) is 3.18. The van der Waals surface area contributed by atoms with Gasteiger partial charge in [-0.2, -0.15) is 0 Å². The number of thiophene rings is 1. The normalized spacial score (nSPS) is 19.3. The summed E-state index contributed by atoms with van der Waals surface area (Å²) in [5.74, 6) is 6.09. The van der Waals surface area contributed by atoms with E-state index in [1.165, 1.54) is 24.3 Å². The van der Waals surface area contributed by atoms with Gasteiger partial charge in [-0.15, -0.1) is 11.3 Å². The Morgan fingerprint density at radius 3 is 3.10 bits per heavy atom. The third kappa shape index (κ3) is 4.60. The van der Waals surface area contributed by atoms with Crippen LogP contribution >= 0.6 is 11.3 Å². The van der Waals surface area contributed by atoms with Crippen LogP contribution in [-0.2, 0) is 6.54 Å². The first-order valence-electron chi connectivity index (χ1n) is 7.25. The SMILES string of the molecule is CN(C)CC1CCCN1Cc1cc(C#CCCO)cs1. The maximum absolute atomic E-state index is 8.73. The molecule has 2 heterocycles. The summed E-state index contributed by atoms with van der Waals surface area (Å²) in [6.45, 7) is 3.55. The van der Waals surface area contributed by atoms with Gasteiger partial charge in [0.15, 0.2) is 0 Å². The van der Waals surface area contributed by atoms with Crippen molar-refractivity contribution in [3.8, 4) is 11.8 Å². The van der Waals surface area contributed by atoms with Crippen molar-refractivity contribution in [2.45, 2.75) is 31.8 Å². The van der Waals surface area contributed by atoms with E-state index in [-0.39, 0.29) is 6.61 Å². The highest BCUT2D eigenvalue weighted by molar-refractivity contribution is 7.10. The second-order valence-electron chi connectivity index (χ2n) is 5.61. The van der Waals surface area contributed by atoms with Crippen molar-refractivity contribution in [1.82, 2.24) is 9.80 Å². The minimum absolute atomic E-state index is 0.143. The van der Waals surface area contributed by atoms with E-state index in [2.05, 4.69) is 47.2 Å². The lowest BCUT2D eigenvalue weighted by Crippen LogP contribution is -2.36. The van der Waals surface area contributed by atoms with E-state index in [1.54, 1.807) is 11.3 Å². The second-order valence-corrected chi connectivity index (χ2v) is 6.60. The summed E-state index contributed by atoms with van der Waals surface area (Å²) in [5.41, 5.74) is 1.09.